The van der Waals surface area contributed by atoms with E-state index >= 15 is 0 Å². The number of rotatable bonds is 4. The maximum absolute atomic E-state index is 13.9. The Morgan fingerprint density at radius 3 is 2.67 bits per heavy atom. The van der Waals surface area contributed by atoms with Gasteiger partial charge in [0, 0.05) is 32.7 Å². The number of carbonyl (C=O) groups excluding carboxylic acids is 2. The Kier molecular flexibility index (Phi) is 6.08. The number of aromatic hydroxyl groups is 1. The van der Waals surface area contributed by atoms with Crippen LogP contribution in [0.5, 0.6) is 5.75 Å². The second kappa shape index (κ2) is 8.05. The predicted molar refractivity (Wildman–Crippen MR) is 83.7 cm³/mol. The van der Waals surface area contributed by atoms with Crippen molar-refractivity contribution in [2.75, 3.05) is 39.3 Å². The molecule has 6 nitrogen and oxygen atoms in total. The summed E-state index contributed by atoms with van der Waals surface area (Å²) in [4.78, 5) is 27.3. The van der Waals surface area contributed by atoms with E-state index in [0.717, 1.165) is 12.1 Å². The standard InChI is InChI=1S/C16H21F2N3O3/c1-2-19-13(23)10-20-6-3-7-21(9-8-20)16(24)14-11(17)4-5-12(22)15(14)18/h4-5,22H,2-3,6-10H2,1H3,(H,19,23). The normalized spacial score (nSPS) is 15.9. The molecule has 0 atom stereocenters. The van der Waals surface area contributed by atoms with Crippen molar-refractivity contribution in [3.63, 3.8) is 0 Å². The summed E-state index contributed by atoms with van der Waals surface area (Å²) in [6.45, 7) is 4.25. The average Bonchev–Trinajstić information content (AvgIpc) is 2.77. The first kappa shape index (κ1) is 18.1. The van der Waals surface area contributed by atoms with Crippen molar-refractivity contribution in [2.45, 2.75) is 13.3 Å². The zero-order chi connectivity index (χ0) is 17.7. The van der Waals surface area contributed by atoms with Gasteiger partial charge in [0.05, 0.1) is 6.54 Å². The molecule has 24 heavy (non-hydrogen) atoms. The lowest BCUT2D eigenvalue weighted by Gasteiger charge is -2.22. The van der Waals surface area contributed by atoms with Gasteiger partial charge in [-0.25, -0.2) is 8.78 Å². The Morgan fingerprint density at radius 1 is 1.21 bits per heavy atom. The minimum atomic E-state index is -1.25. The van der Waals surface area contributed by atoms with Crippen molar-refractivity contribution in [3.8, 4) is 5.75 Å². The Bertz CT molecular complexity index is 625. The second-order valence-electron chi connectivity index (χ2n) is 5.63. The van der Waals surface area contributed by atoms with Gasteiger partial charge in [0.2, 0.25) is 5.91 Å². The Balaban J connectivity index is 2.05. The summed E-state index contributed by atoms with van der Waals surface area (Å²) in [6.07, 6.45) is 0.590. The Labute approximate surface area is 139 Å². The zero-order valence-corrected chi connectivity index (χ0v) is 13.5. The molecule has 1 fully saturated rings. The van der Waals surface area contributed by atoms with Gasteiger partial charge in [0.1, 0.15) is 11.4 Å². The zero-order valence-electron chi connectivity index (χ0n) is 13.5. The smallest absolute Gasteiger partial charge is 0.260 e. The largest absolute Gasteiger partial charge is 0.505 e. The summed E-state index contributed by atoms with van der Waals surface area (Å²) < 4.78 is 27.7. The van der Waals surface area contributed by atoms with Crippen LogP contribution in [0.25, 0.3) is 0 Å². The van der Waals surface area contributed by atoms with Crippen LogP contribution in [0.1, 0.15) is 23.7 Å². The van der Waals surface area contributed by atoms with Crippen molar-refractivity contribution in [3.05, 3.63) is 29.3 Å². The van der Waals surface area contributed by atoms with Crippen molar-refractivity contribution < 1.29 is 23.5 Å². The van der Waals surface area contributed by atoms with Crippen LogP contribution in [0, 0.1) is 11.6 Å². The molecule has 132 valence electrons. The Morgan fingerprint density at radius 2 is 1.96 bits per heavy atom. The second-order valence-corrected chi connectivity index (χ2v) is 5.63. The maximum atomic E-state index is 13.9. The summed E-state index contributed by atoms with van der Waals surface area (Å²) in [7, 11) is 0. The molecule has 1 aliphatic heterocycles. The molecule has 0 radical (unpaired) electrons. The molecular weight excluding hydrogens is 320 g/mol. The number of likely N-dealkylation sites (N-methyl/N-ethyl adjacent to an activating group) is 1. The predicted octanol–water partition coefficient (Wildman–Crippen LogP) is 0.954. The molecule has 0 aliphatic carbocycles. The van der Waals surface area contributed by atoms with E-state index in [1.165, 1.54) is 4.90 Å². The molecule has 1 aliphatic rings. The third kappa shape index (κ3) is 4.19. The first-order valence-electron chi connectivity index (χ1n) is 7.89. The first-order chi connectivity index (χ1) is 11.4. The molecule has 1 aromatic rings. The summed E-state index contributed by atoms with van der Waals surface area (Å²) in [5, 5.41) is 12.1. The summed E-state index contributed by atoms with van der Waals surface area (Å²) in [5.74, 6) is -3.89. The summed E-state index contributed by atoms with van der Waals surface area (Å²) in [5.41, 5.74) is -0.743. The topological polar surface area (TPSA) is 72.9 Å². The molecule has 0 spiro atoms. The van der Waals surface area contributed by atoms with Gasteiger partial charge in [-0.15, -0.1) is 0 Å². The van der Waals surface area contributed by atoms with Gasteiger partial charge in [-0.3, -0.25) is 14.5 Å². The van der Waals surface area contributed by atoms with Gasteiger partial charge in [-0.2, -0.15) is 0 Å². The van der Waals surface area contributed by atoms with Crippen molar-refractivity contribution >= 4 is 11.8 Å². The van der Waals surface area contributed by atoms with Crippen molar-refractivity contribution in [2.24, 2.45) is 0 Å². The van der Waals surface area contributed by atoms with Gasteiger partial charge in [-0.05, 0) is 25.5 Å². The first-order valence-corrected chi connectivity index (χ1v) is 7.89. The number of hydrogen-bond donors (Lipinski definition) is 2. The van der Waals surface area contributed by atoms with Gasteiger partial charge >= 0.3 is 0 Å². The highest BCUT2D eigenvalue weighted by molar-refractivity contribution is 5.95. The lowest BCUT2D eigenvalue weighted by atomic mass is 10.1. The number of halogens is 2. The average molecular weight is 341 g/mol. The lowest BCUT2D eigenvalue weighted by Crippen LogP contribution is -2.40. The monoisotopic (exact) mass is 341 g/mol. The lowest BCUT2D eigenvalue weighted by molar-refractivity contribution is -0.122. The third-order valence-electron chi connectivity index (χ3n) is 3.90. The maximum Gasteiger partial charge on any atom is 0.260 e. The number of phenols is 1. The highest BCUT2D eigenvalue weighted by Gasteiger charge is 2.27. The van der Waals surface area contributed by atoms with E-state index in [2.05, 4.69) is 5.32 Å². The number of phenolic OH excluding ortho intramolecular Hbond substituents is 1. The van der Waals surface area contributed by atoms with Crippen LogP contribution in [-0.2, 0) is 4.79 Å². The molecule has 0 bridgehead atoms. The fourth-order valence-electron chi connectivity index (χ4n) is 2.68. The number of amides is 2. The molecule has 2 amide bonds. The van der Waals surface area contributed by atoms with Crippen LogP contribution < -0.4 is 5.32 Å². The van der Waals surface area contributed by atoms with Crippen LogP contribution in [0.4, 0.5) is 8.78 Å². The van der Waals surface area contributed by atoms with Gasteiger partial charge < -0.3 is 15.3 Å². The van der Waals surface area contributed by atoms with Gasteiger partial charge in [0.25, 0.3) is 5.91 Å². The molecular formula is C16H21F2N3O3. The van der Waals surface area contributed by atoms with E-state index in [0.29, 0.717) is 32.6 Å². The van der Waals surface area contributed by atoms with Crippen LogP contribution >= 0.6 is 0 Å². The highest BCUT2D eigenvalue weighted by atomic mass is 19.1. The van der Waals surface area contributed by atoms with E-state index in [-0.39, 0.29) is 19.0 Å². The fourth-order valence-corrected chi connectivity index (χ4v) is 2.68. The summed E-state index contributed by atoms with van der Waals surface area (Å²) in [6, 6.07) is 1.74. The minimum absolute atomic E-state index is 0.0950. The van der Waals surface area contributed by atoms with E-state index in [9.17, 15) is 23.5 Å². The molecule has 1 heterocycles. The van der Waals surface area contributed by atoms with Crippen LogP contribution in [0.3, 0.4) is 0 Å². The van der Waals surface area contributed by atoms with Gasteiger partial charge in [-0.1, -0.05) is 0 Å². The molecule has 2 rings (SSSR count). The van der Waals surface area contributed by atoms with E-state index in [1.807, 2.05) is 11.8 Å². The SMILES string of the molecule is CCNC(=O)CN1CCCN(C(=O)c2c(F)ccc(O)c2F)CC1. The van der Waals surface area contributed by atoms with Gasteiger partial charge in [0.15, 0.2) is 11.6 Å². The fraction of sp³-hybridized carbons (Fsp3) is 0.500. The summed E-state index contributed by atoms with van der Waals surface area (Å²) >= 11 is 0. The van der Waals surface area contributed by atoms with Crippen molar-refractivity contribution in [1.82, 2.24) is 15.1 Å². The number of benzene rings is 1. The number of hydrogen-bond acceptors (Lipinski definition) is 4. The molecule has 1 saturated heterocycles. The molecule has 2 N–H and O–H groups in total. The third-order valence-corrected chi connectivity index (χ3v) is 3.90. The van der Waals surface area contributed by atoms with E-state index < -0.39 is 28.9 Å². The minimum Gasteiger partial charge on any atom is -0.505 e. The van der Waals surface area contributed by atoms with Crippen LogP contribution in [-0.4, -0.2) is 66.0 Å². The van der Waals surface area contributed by atoms with Crippen LogP contribution in [0.15, 0.2) is 12.1 Å². The van der Waals surface area contributed by atoms with Crippen molar-refractivity contribution in [1.29, 1.82) is 0 Å². The number of nitrogens with zero attached hydrogens (tertiary/aromatic N) is 2. The number of carbonyl (C=O) groups is 2. The molecule has 0 aromatic heterocycles. The van der Waals surface area contributed by atoms with E-state index in [1.54, 1.807) is 0 Å². The van der Waals surface area contributed by atoms with Crippen LogP contribution in [0.2, 0.25) is 0 Å². The number of nitrogens with one attached hydrogen (secondary N) is 1. The van der Waals surface area contributed by atoms with E-state index in [4.69, 9.17) is 0 Å². The highest BCUT2D eigenvalue weighted by Crippen LogP contribution is 2.23. The quantitative estimate of drug-likeness (QED) is 0.855. The molecule has 8 heteroatoms. The molecule has 0 saturated carbocycles. The molecule has 1 aromatic carbocycles. The Hall–Kier alpha value is -2.22. The molecule has 0 unspecified atom stereocenters.